The van der Waals surface area contributed by atoms with Gasteiger partial charge in [-0.15, -0.1) is 4.89 Å². The number of allylic oxidation sites excluding steroid dienone is 1. The number of fused-ring (bicyclic) bond motifs is 1. The first-order valence-corrected chi connectivity index (χ1v) is 4.09. The van der Waals surface area contributed by atoms with Crippen LogP contribution in [0.1, 0.15) is 12.5 Å². The van der Waals surface area contributed by atoms with Crippen molar-refractivity contribution < 1.29 is 14.5 Å². The number of hydrogen-bond donors (Lipinski definition) is 0. The van der Waals surface area contributed by atoms with E-state index in [1.807, 2.05) is 37.3 Å². The lowest BCUT2D eigenvalue weighted by Crippen LogP contribution is -2.12. The Morgan fingerprint density at radius 3 is 3.08 bits per heavy atom. The molecule has 1 aliphatic rings. The van der Waals surface area contributed by atoms with Gasteiger partial charge < -0.3 is 9.62 Å². The molecule has 1 heterocycles. The van der Waals surface area contributed by atoms with Crippen molar-refractivity contribution in [1.29, 1.82) is 0 Å². The van der Waals surface area contributed by atoms with E-state index in [-0.39, 0.29) is 6.79 Å². The van der Waals surface area contributed by atoms with Gasteiger partial charge in [-0.3, -0.25) is 0 Å². The Morgan fingerprint density at radius 2 is 2.23 bits per heavy atom. The van der Waals surface area contributed by atoms with Gasteiger partial charge in [0, 0.05) is 0 Å². The Bertz CT molecular complexity index is 331. The second-order valence-corrected chi connectivity index (χ2v) is 2.67. The zero-order chi connectivity index (χ0) is 9.10. The first-order valence-electron chi connectivity index (χ1n) is 4.09. The highest BCUT2D eigenvalue weighted by Crippen LogP contribution is 2.31. The predicted octanol–water partition coefficient (Wildman–Crippen LogP) is 2.38. The fourth-order valence-electron chi connectivity index (χ4n) is 1.18. The Morgan fingerprint density at radius 1 is 1.31 bits per heavy atom. The monoisotopic (exact) mass is 178 g/mol. The normalized spacial score (nSPS) is 14.8. The van der Waals surface area contributed by atoms with Gasteiger partial charge in [0.25, 0.3) is 0 Å². The minimum Gasteiger partial charge on any atom is -0.459 e. The molecule has 0 saturated heterocycles. The standard InChI is InChI=1S/C10H10O3/c1-2-3-8-4-5-9-10(6-8)11-7-12-13-9/h2-6H,7H2,1H3. The van der Waals surface area contributed by atoms with E-state index in [0.717, 1.165) is 11.3 Å². The molecule has 1 aromatic carbocycles. The minimum atomic E-state index is 0.145. The molecular formula is C10H10O3. The third-order valence-corrected chi connectivity index (χ3v) is 1.74. The summed E-state index contributed by atoms with van der Waals surface area (Å²) in [6.07, 6.45) is 3.97. The number of hydrogen-bond acceptors (Lipinski definition) is 3. The number of ether oxygens (including phenoxy) is 1. The molecule has 13 heavy (non-hydrogen) atoms. The van der Waals surface area contributed by atoms with Crippen LogP contribution in [0.2, 0.25) is 0 Å². The zero-order valence-corrected chi connectivity index (χ0v) is 7.32. The molecule has 0 N–H and O–H groups in total. The molecule has 0 radical (unpaired) electrons. The van der Waals surface area contributed by atoms with Gasteiger partial charge in [-0.25, -0.2) is 0 Å². The maximum atomic E-state index is 5.23. The largest absolute Gasteiger partial charge is 0.459 e. The molecule has 0 fully saturated rings. The average molecular weight is 178 g/mol. The maximum Gasteiger partial charge on any atom is 0.232 e. The summed E-state index contributed by atoms with van der Waals surface area (Å²) in [5.74, 6) is 1.35. The lowest BCUT2D eigenvalue weighted by Gasteiger charge is -2.16. The van der Waals surface area contributed by atoms with Gasteiger partial charge in [-0.2, -0.15) is 0 Å². The van der Waals surface area contributed by atoms with Crippen LogP contribution in [0.4, 0.5) is 0 Å². The quantitative estimate of drug-likeness (QED) is 0.618. The third-order valence-electron chi connectivity index (χ3n) is 1.74. The summed E-state index contributed by atoms with van der Waals surface area (Å²) in [6, 6.07) is 5.68. The van der Waals surface area contributed by atoms with E-state index in [9.17, 15) is 0 Å². The molecule has 2 rings (SSSR count). The highest BCUT2D eigenvalue weighted by Gasteiger charge is 2.11. The molecule has 1 aromatic rings. The van der Waals surface area contributed by atoms with Gasteiger partial charge in [-0.05, 0) is 24.6 Å². The Hall–Kier alpha value is -1.48. The van der Waals surface area contributed by atoms with Crippen molar-refractivity contribution in [2.24, 2.45) is 0 Å². The van der Waals surface area contributed by atoms with Crippen LogP contribution in [0.25, 0.3) is 6.08 Å². The predicted molar refractivity (Wildman–Crippen MR) is 48.4 cm³/mol. The molecule has 0 bridgehead atoms. The molecule has 0 aromatic heterocycles. The summed E-state index contributed by atoms with van der Waals surface area (Å²) in [5.41, 5.74) is 1.09. The van der Waals surface area contributed by atoms with Crippen LogP contribution in [0, 0.1) is 0 Å². The topological polar surface area (TPSA) is 27.7 Å². The van der Waals surface area contributed by atoms with Gasteiger partial charge in [0.15, 0.2) is 5.75 Å². The van der Waals surface area contributed by atoms with E-state index in [1.54, 1.807) is 0 Å². The molecule has 0 amide bonds. The third kappa shape index (κ3) is 1.65. The molecule has 1 aliphatic heterocycles. The van der Waals surface area contributed by atoms with Gasteiger partial charge in [0.1, 0.15) is 0 Å². The van der Waals surface area contributed by atoms with Crippen molar-refractivity contribution in [1.82, 2.24) is 0 Å². The fourth-order valence-corrected chi connectivity index (χ4v) is 1.18. The Balaban J connectivity index is 2.35. The highest BCUT2D eigenvalue weighted by molar-refractivity contribution is 5.55. The molecule has 3 heteroatoms. The minimum absolute atomic E-state index is 0.145. The average Bonchev–Trinajstić information content (AvgIpc) is 2.18. The van der Waals surface area contributed by atoms with Crippen LogP contribution in [-0.2, 0) is 4.89 Å². The van der Waals surface area contributed by atoms with Crippen molar-refractivity contribution >= 4 is 6.08 Å². The van der Waals surface area contributed by atoms with Crippen LogP contribution in [-0.4, -0.2) is 6.79 Å². The molecule has 0 unspecified atom stereocenters. The molecular weight excluding hydrogens is 168 g/mol. The SMILES string of the molecule is CC=Cc1ccc2c(c1)OCOO2. The molecule has 0 saturated carbocycles. The zero-order valence-electron chi connectivity index (χ0n) is 7.32. The lowest BCUT2D eigenvalue weighted by molar-refractivity contribution is -0.263. The first kappa shape index (κ1) is 8.13. The van der Waals surface area contributed by atoms with Crippen molar-refractivity contribution in [3.05, 3.63) is 29.8 Å². The van der Waals surface area contributed by atoms with Gasteiger partial charge in [-0.1, -0.05) is 18.2 Å². The van der Waals surface area contributed by atoms with Crippen molar-refractivity contribution in [3.63, 3.8) is 0 Å². The first-order chi connectivity index (χ1) is 6.40. The van der Waals surface area contributed by atoms with Crippen LogP contribution in [0.15, 0.2) is 24.3 Å². The summed E-state index contributed by atoms with van der Waals surface area (Å²) >= 11 is 0. The molecule has 0 aliphatic carbocycles. The van der Waals surface area contributed by atoms with E-state index in [2.05, 4.69) is 4.89 Å². The number of benzene rings is 1. The molecule has 68 valence electrons. The van der Waals surface area contributed by atoms with E-state index < -0.39 is 0 Å². The van der Waals surface area contributed by atoms with E-state index >= 15 is 0 Å². The lowest BCUT2D eigenvalue weighted by atomic mass is 10.2. The molecule has 0 atom stereocenters. The fraction of sp³-hybridized carbons (Fsp3) is 0.200. The summed E-state index contributed by atoms with van der Waals surface area (Å²) in [6.45, 7) is 2.12. The van der Waals surface area contributed by atoms with E-state index in [1.165, 1.54) is 0 Å². The van der Waals surface area contributed by atoms with Crippen LogP contribution < -0.4 is 9.62 Å². The van der Waals surface area contributed by atoms with Gasteiger partial charge >= 0.3 is 0 Å². The van der Waals surface area contributed by atoms with Crippen molar-refractivity contribution in [2.75, 3.05) is 6.79 Å². The second kappa shape index (κ2) is 3.49. The van der Waals surface area contributed by atoms with Gasteiger partial charge in [0.2, 0.25) is 12.5 Å². The van der Waals surface area contributed by atoms with Gasteiger partial charge in [0.05, 0.1) is 0 Å². The smallest absolute Gasteiger partial charge is 0.232 e. The van der Waals surface area contributed by atoms with Crippen LogP contribution >= 0.6 is 0 Å². The van der Waals surface area contributed by atoms with Crippen LogP contribution in [0.3, 0.4) is 0 Å². The summed E-state index contributed by atoms with van der Waals surface area (Å²) in [5, 5.41) is 0. The summed E-state index contributed by atoms with van der Waals surface area (Å²) < 4.78 is 5.23. The highest BCUT2D eigenvalue weighted by atomic mass is 17.2. The van der Waals surface area contributed by atoms with Crippen LogP contribution in [0.5, 0.6) is 11.5 Å². The maximum absolute atomic E-state index is 5.23. The summed E-state index contributed by atoms with van der Waals surface area (Å²) in [4.78, 5) is 9.56. The molecule has 0 spiro atoms. The number of rotatable bonds is 1. The van der Waals surface area contributed by atoms with E-state index in [0.29, 0.717) is 5.75 Å². The molecule has 3 nitrogen and oxygen atoms in total. The van der Waals surface area contributed by atoms with Crippen molar-refractivity contribution in [2.45, 2.75) is 6.92 Å². The van der Waals surface area contributed by atoms with E-state index in [4.69, 9.17) is 9.62 Å². The summed E-state index contributed by atoms with van der Waals surface area (Å²) in [7, 11) is 0. The Kier molecular flexibility index (Phi) is 2.19. The second-order valence-electron chi connectivity index (χ2n) is 2.67. The van der Waals surface area contributed by atoms with Crippen molar-refractivity contribution in [3.8, 4) is 11.5 Å². The Labute approximate surface area is 76.5 Å².